The zero-order valence-corrected chi connectivity index (χ0v) is 10.9. The molecule has 3 N–H and O–H groups in total. The second-order valence-corrected chi connectivity index (χ2v) is 5.04. The molecule has 0 aliphatic carbocycles. The van der Waals surface area contributed by atoms with Gasteiger partial charge < -0.3 is 20.3 Å². The van der Waals surface area contributed by atoms with Crippen molar-refractivity contribution in [1.29, 1.82) is 0 Å². The molecule has 3 rings (SSSR count). The molecule has 2 heterocycles. The van der Waals surface area contributed by atoms with Gasteiger partial charge in [-0.2, -0.15) is 0 Å². The lowest BCUT2D eigenvalue weighted by atomic mass is 9.88. The minimum atomic E-state index is -0.938. The number of benzene rings is 1. The monoisotopic (exact) mass is 263 g/mol. The summed E-state index contributed by atoms with van der Waals surface area (Å²) in [6.45, 7) is 3.61. The molecule has 102 valence electrons. The SMILES string of the molecule is CC(CN)c1c2c(c(C(=O)O)c3c1OCC3)OCC2. The Balaban J connectivity index is 2.31. The highest BCUT2D eigenvalue weighted by Gasteiger charge is 2.35. The molecule has 2 aliphatic heterocycles. The van der Waals surface area contributed by atoms with Gasteiger partial charge in [-0.05, 0) is 12.5 Å². The highest BCUT2D eigenvalue weighted by molar-refractivity contribution is 5.95. The fraction of sp³-hybridized carbons (Fsp3) is 0.500. The first-order valence-electron chi connectivity index (χ1n) is 6.55. The van der Waals surface area contributed by atoms with Crippen LogP contribution in [0.15, 0.2) is 0 Å². The van der Waals surface area contributed by atoms with Crippen LogP contribution in [0.3, 0.4) is 0 Å². The lowest BCUT2D eigenvalue weighted by molar-refractivity contribution is 0.0692. The normalized spacial score (nSPS) is 17.4. The number of hydrogen-bond donors (Lipinski definition) is 2. The zero-order chi connectivity index (χ0) is 13.6. The first-order valence-corrected chi connectivity index (χ1v) is 6.55. The van der Waals surface area contributed by atoms with Gasteiger partial charge >= 0.3 is 5.97 Å². The third kappa shape index (κ3) is 1.69. The van der Waals surface area contributed by atoms with Gasteiger partial charge in [-0.15, -0.1) is 0 Å². The Kier molecular flexibility index (Phi) is 2.86. The number of carboxylic acids is 1. The van der Waals surface area contributed by atoms with Gasteiger partial charge in [0, 0.05) is 29.5 Å². The molecular weight excluding hydrogens is 246 g/mol. The van der Waals surface area contributed by atoms with Crippen LogP contribution in [0, 0.1) is 0 Å². The van der Waals surface area contributed by atoms with E-state index in [1.165, 1.54) is 0 Å². The minimum Gasteiger partial charge on any atom is -0.493 e. The van der Waals surface area contributed by atoms with Crippen molar-refractivity contribution >= 4 is 5.97 Å². The van der Waals surface area contributed by atoms with Crippen molar-refractivity contribution < 1.29 is 19.4 Å². The highest BCUT2D eigenvalue weighted by Crippen LogP contribution is 2.46. The van der Waals surface area contributed by atoms with Gasteiger partial charge in [0.05, 0.1) is 13.2 Å². The zero-order valence-electron chi connectivity index (χ0n) is 10.9. The first kappa shape index (κ1) is 12.3. The van der Waals surface area contributed by atoms with Crippen molar-refractivity contribution in [3.63, 3.8) is 0 Å². The number of hydrogen-bond acceptors (Lipinski definition) is 4. The number of carbonyl (C=O) groups is 1. The van der Waals surface area contributed by atoms with Crippen molar-refractivity contribution in [2.24, 2.45) is 5.73 Å². The van der Waals surface area contributed by atoms with Crippen molar-refractivity contribution in [1.82, 2.24) is 0 Å². The summed E-state index contributed by atoms with van der Waals surface area (Å²) in [7, 11) is 0. The highest BCUT2D eigenvalue weighted by atomic mass is 16.5. The summed E-state index contributed by atoms with van der Waals surface area (Å²) in [4.78, 5) is 11.5. The van der Waals surface area contributed by atoms with E-state index >= 15 is 0 Å². The third-order valence-corrected chi connectivity index (χ3v) is 3.90. The number of fused-ring (bicyclic) bond motifs is 2. The molecule has 0 radical (unpaired) electrons. The Morgan fingerprint density at radius 3 is 2.53 bits per heavy atom. The molecule has 0 saturated heterocycles. The number of nitrogens with two attached hydrogens (primary N) is 1. The molecule has 1 aromatic rings. The Bertz CT molecular complexity index is 518. The summed E-state index contributed by atoms with van der Waals surface area (Å²) in [5.41, 5.74) is 8.85. The molecular formula is C14H17NO4. The van der Waals surface area contributed by atoms with Gasteiger partial charge in [0.2, 0.25) is 0 Å². The summed E-state index contributed by atoms with van der Waals surface area (Å²) < 4.78 is 11.3. The average Bonchev–Trinajstić information content (AvgIpc) is 3.02. The summed E-state index contributed by atoms with van der Waals surface area (Å²) in [6, 6.07) is 0. The van der Waals surface area contributed by atoms with E-state index in [4.69, 9.17) is 15.2 Å². The molecule has 1 aromatic carbocycles. The number of aromatic carboxylic acids is 1. The summed E-state index contributed by atoms with van der Waals surface area (Å²) in [6.07, 6.45) is 1.35. The molecule has 5 heteroatoms. The van der Waals surface area contributed by atoms with Crippen molar-refractivity contribution in [2.75, 3.05) is 19.8 Å². The van der Waals surface area contributed by atoms with Crippen LogP contribution >= 0.6 is 0 Å². The third-order valence-electron chi connectivity index (χ3n) is 3.90. The van der Waals surface area contributed by atoms with Gasteiger partial charge in [-0.3, -0.25) is 0 Å². The predicted molar refractivity (Wildman–Crippen MR) is 69.3 cm³/mol. The quantitative estimate of drug-likeness (QED) is 0.859. The van der Waals surface area contributed by atoms with Crippen LogP contribution in [0.2, 0.25) is 0 Å². The fourth-order valence-electron chi connectivity index (χ4n) is 3.01. The van der Waals surface area contributed by atoms with Crippen LogP contribution in [-0.2, 0) is 12.8 Å². The van der Waals surface area contributed by atoms with E-state index in [9.17, 15) is 9.90 Å². The molecule has 0 saturated carbocycles. The van der Waals surface area contributed by atoms with E-state index in [0.717, 1.165) is 28.9 Å². The fourth-order valence-corrected chi connectivity index (χ4v) is 3.01. The van der Waals surface area contributed by atoms with E-state index in [1.54, 1.807) is 0 Å². The van der Waals surface area contributed by atoms with Gasteiger partial charge in [0.15, 0.2) is 0 Å². The smallest absolute Gasteiger partial charge is 0.339 e. The van der Waals surface area contributed by atoms with Gasteiger partial charge in [0.25, 0.3) is 0 Å². The van der Waals surface area contributed by atoms with Crippen LogP contribution in [0.25, 0.3) is 0 Å². The molecule has 0 spiro atoms. The molecule has 0 bridgehead atoms. The second-order valence-electron chi connectivity index (χ2n) is 5.04. The summed E-state index contributed by atoms with van der Waals surface area (Å²) in [5, 5.41) is 9.44. The Hall–Kier alpha value is -1.75. The molecule has 19 heavy (non-hydrogen) atoms. The maximum atomic E-state index is 11.5. The minimum absolute atomic E-state index is 0.144. The lowest BCUT2D eigenvalue weighted by Gasteiger charge is -2.19. The standard InChI is InChI=1S/C14H17NO4/c1-7(6-15)10-8-2-4-19-13(8)11(14(16)17)9-3-5-18-12(9)10/h7H,2-6,15H2,1H3,(H,16,17). The van der Waals surface area contributed by atoms with E-state index in [0.29, 0.717) is 31.9 Å². The maximum absolute atomic E-state index is 11.5. The van der Waals surface area contributed by atoms with Crippen LogP contribution in [0.4, 0.5) is 0 Å². The Morgan fingerprint density at radius 2 is 1.89 bits per heavy atom. The van der Waals surface area contributed by atoms with E-state index in [1.807, 2.05) is 6.92 Å². The molecule has 1 atom stereocenters. The molecule has 1 unspecified atom stereocenters. The average molecular weight is 263 g/mol. The van der Waals surface area contributed by atoms with Gasteiger partial charge in [0.1, 0.15) is 17.1 Å². The van der Waals surface area contributed by atoms with Crippen LogP contribution in [0.5, 0.6) is 11.5 Å². The predicted octanol–water partition coefficient (Wildman–Crippen LogP) is 1.32. The molecule has 0 aromatic heterocycles. The van der Waals surface area contributed by atoms with Gasteiger partial charge in [-0.1, -0.05) is 6.92 Å². The molecule has 5 nitrogen and oxygen atoms in total. The van der Waals surface area contributed by atoms with Crippen LogP contribution in [0.1, 0.15) is 39.9 Å². The topological polar surface area (TPSA) is 81.8 Å². The molecule has 2 aliphatic rings. The van der Waals surface area contributed by atoms with E-state index in [2.05, 4.69) is 0 Å². The molecule has 0 amide bonds. The van der Waals surface area contributed by atoms with E-state index < -0.39 is 5.97 Å². The van der Waals surface area contributed by atoms with Crippen molar-refractivity contribution in [2.45, 2.75) is 25.7 Å². The summed E-state index contributed by atoms with van der Waals surface area (Å²) in [5.74, 6) is 0.476. The first-order chi connectivity index (χ1) is 9.15. The Morgan fingerprint density at radius 1 is 1.26 bits per heavy atom. The number of carboxylic acid groups (broad SMARTS) is 1. The van der Waals surface area contributed by atoms with Gasteiger partial charge in [-0.25, -0.2) is 4.79 Å². The number of rotatable bonds is 3. The second kappa shape index (κ2) is 4.42. The number of ether oxygens (including phenoxy) is 2. The molecule has 0 fully saturated rings. The van der Waals surface area contributed by atoms with Crippen molar-refractivity contribution in [3.05, 3.63) is 22.3 Å². The van der Waals surface area contributed by atoms with Crippen molar-refractivity contribution in [3.8, 4) is 11.5 Å². The Labute approximate surface area is 111 Å². The lowest BCUT2D eigenvalue weighted by Crippen LogP contribution is -2.13. The van der Waals surface area contributed by atoms with E-state index in [-0.39, 0.29) is 11.5 Å². The largest absolute Gasteiger partial charge is 0.493 e. The maximum Gasteiger partial charge on any atom is 0.339 e. The van der Waals surface area contributed by atoms with Crippen LogP contribution < -0.4 is 15.2 Å². The van der Waals surface area contributed by atoms with Crippen LogP contribution in [-0.4, -0.2) is 30.8 Å². The summed E-state index contributed by atoms with van der Waals surface area (Å²) >= 11 is 0.